The van der Waals surface area contributed by atoms with Gasteiger partial charge in [-0.1, -0.05) is 30.3 Å². The van der Waals surface area contributed by atoms with Gasteiger partial charge in [-0.25, -0.2) is 4.79 Å². The second kappa shape index (κ2) is 8.22. The van der Waals surface area contributed by atoms with E-state index >= 15 is 0 Å². The number of amides is 1. The van der Waals surface area contributed by atoms with Gasteiger partial charge in [0.2, 0.25) is 5.91 Å². The van der Waals surface area contributed by atoms with Gasteiger partial charge in [0.1, 0.15) is 5.75 Å². The first-order valence-corrected chi connectivity index (χ1v) is 9.56. The Balaban J connectivity index is 1.31. The van der Waals surface area contributed by atoms with E-state index in [0.717, 1.165) is 27.6 Å². The first-order valence-electron chi connectivity index (χ1n) is 9.56. The Morgan fingerprint density at radius 3 is 2.72 bits per heavy atom. The molecule has 0 unspecified atom stereocenters. The van der Waals surface area contributed by atoms with E-state index in [1.54, 1.807) is 17.7 Å². The van der Waals surface area contributed by atoms with Gasteiger partial charge in [-0.2, -0.15) is 0 Å². The van der Waals surface area contributed by atoms with Crippen molar-refractivity contribution < 1.29 is 13.9 Å². The predicted molar refractivity (Wildman–Crippen MR) is 112 cm³/mol. The standard InChI is InChI=1S/C23H22N2O4/c1-28-19-11-10-17-13-16(8-9-18(17)14-19)15-24-22(26)7-4-12-25-20-5-2-3-6-21(20)29-23(25)27/h2-3,5-6,8-11,13-14H,4,7,12,15H2,1H3,(H,24,26). The Labute approximate surface area is 167 Å². The van der Waals surface area contributed by atoms with Crippen molar-refractivity contribution in [2.45, 2.75) is 25.9 Å². The van der Waals surface area contributed by atoms with Crippen molar-refractivity contribution in [3.63, 3.8) is 0 Å². The number of rotatable bonds is 7. The zero-order valence-electron chi connectivity index (χ0n) is 16.2. The Bertz CT molecular complexity index is 1220. The Hall–Kier alpha value is -3.54. The van der Waals surface area contributed by atoms with Gasteiger partial charge in [-0.15, -0.1) is 0 Å². The maximum atomic E-state index is 12.2. The Kier molecular flexibility index (Phi) is 5.33. The number of nitrogens with one attached hydrogen (secondary N) is 1. The number of methoxy groups -OCH3 is 1. The van der Waals surface area contributed by atoms with Crippen molar-refractivity contribution in [3.8, 4) is 5.75 Å². The molecule has 6 heteroatoms. The summed E-state index contributed by atoms with van der Waals surface area (Å²) in [5, 5.41) is 5.14. The molecule has 0 saturated carbocycles. The number of nitrogens with zero attached hydrogens (tertiary/aromatic N) is 1. The number of benzene rings is 3. The molecule has 0 spiro atoms. The normalized spacial score (nSPS) is 11.1. The summed E-state index contributed by atoms with van der Waals surface area (Å²) in [7, 11) is 1.65. The summed E-state index contributed by atoms with van der Waals surface area (Å²) in [5.74, 6) is 0.392. The summed E-state index contributed by atoms with van der Waals surface area (Å²) >= 11 is 0. The van der Waals surface area contributed by atoms with E-state index in [4.69, 9.17) is 9.15 Å². The van der Waals surface area contributed by atoms with Crippen LogP contribution in [0.5, 0.6) is 5.75 Å². The molecule has 4 rings (SSSR count). The van der Waals surface area contributed by atoms with Crippen molar-refractivity contribution in [1.29, 1.82) is 0 Å². The molecule has 1 amide bonds. The molecule has 0 radical (unpaired) electrons. The van der Waals surface area contributed by atoms with Crippen LogP contribution in [0.3, 0.4) is 0 Å². The molecule has 1 heterocycles. The lowest BCUT2D eigenvalue weighted by Gasteiger charge is -2.08. The molecule has 1 N–H and O–H groups in total. The maximum Gasteiger partial charge on any atom is 0.419 e. The highest BCUT2D eigenvalue weighted by molar-refractivity contribution is 5.84. The van der Waals surface area contributed by atoms with E-state index < -0.39 is 0 Å². The summed E-state index contributed by atoms with van der Waals surface area (Å²) in [6.07, 6.45) is 0.906. The molecule has 0 aliphatic rings. The van der Waals surface area contributed by atoms with Crippen LogP contribution in [0, 0.1) is 0 Å². The van der Waals surface area contributed by atoms with Crippen molar-refractivity contribution in [3.05, 3.63) is 76.8 Å². The first-order chi connectivity index (χ1) is 14.1. The van der Waals surface area contributed by atoms with Gasteiger partial charge >= 0.3 is 5.76 Å². The zero-order chi connectivity index (χ0) is 20.2. The summed E-state index contributed by atoms with van der Waals surface area (Å²) in [6, 6.07) is 19.3. The highest BCUT2D eigenvalue weighted by Crippen LogP contribution is 2.21. The third-order valence-electron chi connectivity index (χ3n) is 4.96. The van der Waals surface area contributed by atoms with Crippen LogP contribution in [0.2, 0.25) is 0 Å². The molecular formula is C23H22N2O4. The molecule has 29 heavy (non-hydrogen) atoms. The fourth-order valence-corrected chi connectivity index (χ4v) is 3.42. The molecule has 3 aromatic carbocycles. The van der Waals surface area contributed by atoms with Crippen LogP contribution in [0.4, 0.5) is 0 Å². The van der Waals surface area contributed by atoms with Crippen LogP contribution in [-0.2, 0) is 17.9 Å². The van der Waals surface area contributed by atoms with Crippen molar-refractivity contribution in [1.82, 2.24) is 9.88 Å². The predicted octanol–water partition coefficient (Wildman–Crippen LogP) is 3.85. The number of aromatic nitrogens is 1. The van der Waals surface area contributed by atoms with E-state index in [2.05, 4.69) is 11.4 Å². The monoisotopic (exact) mass is 390 g/mol. The number of para-hydroxylation sites is 2. The van der Waals surface area contributed by atoms with Gasteiger partial charge < -0.3 is 14.5 Å². The number of aryl methyl sites for hydroxylation is 1. The van der Waals surface area contributed by atoms with E-state index in [1.807, 2.05) is 48.5 Å². The fourth-order valence-electron chi connectivity index (χ4n) is 3.42. The molecule has 0 bridgehead atoms. The minimum atomic E-state index is -0.389. The third kappa shape index (κ3) is 4.16. The molecule has 0 aliphatic carbocycles. The summed E-state index contributed by atoms with van der Waals surface area (Å²) in [4.78, 5) is 24.2. The molecule has 1 aromatic heterocycles. The van der Waals surface area contributed by atoms with Gasteiger partial charge in [-0.3, -0.25) is 9.36 Å². The number of carbonyl (C=O) groups is 1. The SMILES string of the molecule is COc1ccc2cc(CNC(=O)CCCn3c(=O)oc4ccccc43)ccc2c1. The maximum absolute atomic E-state index is 12.2. The molecular weight excluding hydrogens is 368 g/mol. The third-order valence-corrected chi connectivity index (χ3v) is 4.96. The van der Waals surface area contributed by atoms with Crippen molar-refractivity contribution in [2.24, 2.45) is 0 Å². The molecule has 0 aliphatic heterocycles. The highest BCUT2D eigenvalue weighted by atomic mass is 16.5. The lowest BCUT2D eigenvalue weighted by Crippen LogP contribution is -2.23. The lowest BCUT2D eigenvalue weighted by atomic mass is 10.1. The van der Waals surface area contributed by atoms with Crippen LogP contribution < -0.4 is 15.8 Å². The van der Waals surface area contributed by atoms with Gasteiger partial charge in [0.25, 0.3) is 0 Å². The summed E-state index contributed by atoms with van der Waals surface area (Å²) in [6.45, 7) is 0.913. The molecule has 0 saturated heterocycles. The van der Waals surface area contributed by atoms with E-state index in [0.29, 0.717) is 31.5 Å². The van der Waals surface area contributed by atoms with Crippen LogP contribution in [0.25, 0.3) is 21.9 Å². The number of oxazole rings is 1. The van der Waals surface area contributed by atoms with Gasteiger partial charge in [0.05, 0.1) is 12.6 Å². The van der Waals surface area contributed by atoms with Gasteiger partial charge in [0, 0.05) is 19.5 Å². The average molecular weight is 390 g/mol. The van der Waals surface area contributed by atoms with E-state index in [1.165, 1.54) is 0 Å². The number of carbonyl (C=O) groups excluding carboxylic acids is 1. The van der Waals surface area contributed by atoms with Crippen LogP contribution in [-0.4, -0.2) is 17.6 Å². The highest BCUT2D eigenvalue weighted by Gasteiger charge is 2.09. The average Bonchev–Trinajstić information content (AvgIpc) is 3.07. The minimum absolute atomic E-state index is 0.0410. The first kappa shape index (κ1) is 18.8. The topological polar surface area (TPSA) is 73.5 Å². The quantitative estimate of drug-likeness (QED) is 0.520. The smallest absolute Gasteiger partial charge is 0.419 e. The van der Waals surface area contributed by atoms with Crippen molar-refractivity contribution in [2.75, 3.05) is 7.11 Å². The largest absolute Gasteiger partial charge is 0.497 e. The zero-order valence-corrected chi connectivity index (χ0v) is 16.2. The minimum Gasteiger partial charge on any atom is -0.497 e. The molecule has 0 atom stereocenters. The fraction of sp³-hybridized carbons (Fsp3) is 0.217. The van der Waals surface area contributed by atoms with Crippen molar-refractivity contribution >= 4 is 27.8 Å². The number of ether oxygens (including phenoxy) is 1. The number of hydrogen-bond donors (Lipinski definition) is 1. The van der Waals surface area contributed by atoms with Crippen LogP contribution >= 0.6 is 0 Å². The second-order valence-electron chi connectivity index (χ2n) is 6.92. The molecule has 4 aromatic rings. The second-order valence-corrected chi connectivity index (χ2v) is 6.92. The van der Waals surface area contributed by atoms with Gasteiger partial charge in [0.15, 0.2) is 5.58 Å². The molecule has 6 nitrogen and oxygen atoms in total. The number of fused-ring (bicyclic) bond motifs is 2. The molecule has 0 fully saturated rings. The van der Waals surface area contributed by atoms with Crippen LogP contribution in [0.15, 0.2) is 69.9 Å². The summed E-state index contributed by atoms with van der Waals surface area (Å²) < 4.78 is 12.0. The van der Waals surface area contributed by atoms with Gasteiger partial charge in [-0.05, 0) is 53.1 Å². The van der Waals surface area contributed by atoms with E-state index in [-0.39, 0.29) is 11.7 Å². The lowest BCUT2D eigenvalue weighted by molar-refractivity contribution is -0.121. The van der Waals surface area contributed by atoms with E-state index in [9.17, 15) is 9.59 Å². The summed E-state index contributed by atoms with van der Waals surface area (Å²) in [5.41, 5.74) is 2.36. The van der Waals surface area contributed by atoms with Crippen LogP contribution in [0.1, 0.15) is 18.4 Å². The number of hydrogen-bond acceptors (Lipinski definition) is 4. The molecule has 148 valence electrons. The Morgan fingerprint density at radius 2 is 1.86 bits per heavy atom. The Morgan fingerprint density at radius 1 is 1.07 bits per heavy atom.